The molecule has 4 unspecified atom stereocenters. The van der Waals surface area contributed by atoms with E-state index in [-0.39, 0.29) is 17.4 Å². The first-order chi connectivity index (χ1) is 32.8. The fraction of sp³-hybridized carbons (Fsp3) is 0.138. The van der Waals surface area contributed by atoms with Crippen molar-refractivity contribution in [3.8, 4) is 22.3 Å². The zero-order valence-electron chi connectivity index (χ0n) is 37.2. The Bertz CT molecular complexity index is 3330. The van der Waals surface area contributed by atoms with Crippen LogP contribution in [0, 0.1) is 0 Å². The van der Waals surface area contributed by atoms with E-state index < -0.39 is 0 Å². The molecule has 0 aromatic heterocycles. The standard InChI is InChI=1S/C65H51N/c1-3-18-44(19-4-1)45-34-38-50(39-35-45)66(63-33-16-12-29-57(63)58-41-36-46-20-7-8-25-52(46)64(58)47-21-5-2-6-22-47)51-24-17-23-48(42-51)49-37-40-56-55-28-11-15-32-61(55)65(62(56)43-49)59-30-13-9-26-53(59)54-27-10-14-31-60(54)65/h1-14,16-23,25-26,28,30-31,33-43,51,54,57H,15,24,27,29,32H2. The summed E-state index contributed by atoms with van der Waals surface area (Å²) < 4.78 is 0. The highest BCUT2D eigenvalue weighted by molar-refractivity contribution is 5.99. The molecule has 0 saturated carbocycles. The number of fused-ring (bicyclic) bond motifs is 10. The first-order valence-electron chi connectivity index (χ1n) is 24.0. The summed E-state index contributed by atoms with van der Waals surface area (Å²) in [5, 5.41) is 2.57. The van der Waals surface area contributed by atoms with Crippen LogP contribution in [-0.2, 0) is 5.41 Å². The average molecular weight is 846 g/mol. The van der Waals surface area contributed by atoms with Gasteiger partial charge in [-0.05, 0) is 145 Å². The molecular formula is C65H51N. The second-order valence-electron chi connectivity index (χ2n) is 18.8. The molecule has 0 amide bonds. The monoisotopic (exact) mass is 845 g/mol. The third-order valence-corrected chi connectivity index (χ3v) is 15.4. The number of benzene rings is 7. The summed E-state index contributed by atoms with van der Waals surface area (Å²) in [6, 6.07) is 61.7. The molecule has 0 bridgehead atoms. The van der Waals surface area contributed by atoms with Gasteiger partial charge in [0.1, 0.15) is 0 Å². The van der Waals surface area contributed by atoms with E-state index in [0.29, 0.717) is 5.92 Å². The smallest absolute Gasteiger partial charge is 0.0648 e. The zero-order chi connectivity index (χ0) is 43.6. The minimum Gasteiger partial charge on any atom is -0.337 e. The van der Waals surface area contributed by atoms with Crippen LogP contribution in [0.3, 0.4) is 0 Å². The van der Waals surface area contributed by atoms with Gasteiger partial charge in [0.15, 0.2) is 0 Å². The molecule has 0 N–H and O–H groups in total. The van der Waals surface area contributed by atoms with Crippen molar-refractivity contribution in [1.29, 1.82) is 0 Å². The predicted octanol–water partition coefficient (Wildman–Crippen LogP) is 16.4. The van der Waals surface area contributed by atoms with Crippen LogP contribution in [0.15, 0.2) is 247 Å². The number of nitrogens with zero attached hydrogens (tertiary/aromatic N) is 1. The lowest BCUT2D eigenvalue weighted by atomic mass is 9.66. The summed E-state index contributed by atoms with van der Waals surface area (Å²) >= 11 is 0. The lowest BCUT2D eigenvalue weighted by Crippen LogP contribution is -2.36. The van der Waals surface area contributed by atoms with E-state index in [1.807, 2.05) is 0 Å². The van der Waals surface area contributed by atoms with Crippen LogP contribution < -0.4 is 4.90 Å². The van der Waals surface area contributed by atoms with Gasteiger partial charge < -0.3 is 4.90 Å². The van der Waals surface area contributed by atoms with Crippen LogP contribution in [0.1, 0.15) is 77.3 Å². The van der Waals surface area contributed by atoms with Gasteiger partial charge in [-0.15, -0.1) is 0 Å². The van der Waals surface area contributed by atoms with Gasteiger partial charge in [0.2, 0.25) is 0 Å². The summed E-state index contributed by atoms with van der Waals surface area (Å²) in [6.45, 7) is 0. The molecule has 1 heteroatoms. The summed E-state index contributed by atoms with van der Waals surface area (Å²) in [7, 11) is 0. The highest BCUT2D eigenvalue weighted by atomic mass is 15.2. The van der Waals surface area contributed by atoms with Crippen LogP contribution in [0.2, 0.25) is 0 Å². The molecule has 7 aromatic carbocycles. The second kappa shape index (κ2) is 15.9. The largest absolute Gasteiger partial charge is 0.337 e. The van der Waals surface area contributed by atoms with Crippen LogP contribution in [0.5, 0.6) is 0 Å². The van der Waals surface area contributed by atoms with Crippen LogP contribution in [-0.4, -0.2) is 6.04 Å². The van der Waals surface area contributed by atoms with Crippen molar-refractivity contribution in [3.05, 3.63) is 281 Å². The Hall–Kier alpha value is -7.48. The normalized spacial score (nSPS) is 22.1. The highest BCUT2D eigenvalue weighted by Crippen LogP contribution is 2.66. The van der Waals surface area contributed by atoms with Gasteiger partial charge in [0.05, 0.1) is 11.5 Å². The number of hydrogen-bond donors (Lipinski definition) is 0. The van der Waals surface area contributed by atoms with E-state index in [2.05, 4.69) is 236 Å². The molecule has 13 rings (SSSR count). The molecule has 6 aliphatic rings. The molecule has 0 saturated heterocycles. The Morgan fingerprint density at radius 1 is 0.515 bits per heavy atom. The van der Waals surface area contributed by atoms with Crippen molar-refractivity contribution < 1.29 is 0 Å². The molecule has 7 aromatic rings. The van der Waals surface area contributed by atoms with E-state index in [0.717, 1.165) is 32.1 Å². The van der Waals surface area contributed by atoms with E-state index in [1.54, 1.807) is 11.1 Å². The molecule has 66 heavy (non-hydrogen) atoms. The lowest BCUT2D eigenvalue weighted by molar-refractivity contribution is 0.662. The van der Waals surface area contributed by atoms with Gasteiger partial charge in [-0.25, -0.2) is 0 Å². The first-order valence-corrected chi connectivity index (χ1v) is 24.0. The van der Waals surface area contributed by atoms with Gasteiger partial charge in [-0.3, -0.25) is 0 Å². The molecule has 4 atom stereocenters. The minimum absolute atomic E-state index is 0.0905. The molecule has 316 valence electrons. The maximum Gasteiger partial charge on any atom is 0.0648 e. The van der Waals surface area contributed by atoms with Crippen LogP contribution in [0.25, 0.3) is 44.2 Å². The Balaban J connectivity index is 0.960. The molecule has 0 fully saturated rings. The summed E-state index contributed by atoms with van der Waals surface area (Å²) in [5.74, 6) is 0.557. The fourth-order valence-corrected chi connectivity index (χ4v) is 12.7. The quantitative estimate of drug-likeness (QED) is 0.154. The minimum atomic E-state index is -0.231. The predicted molar refractivity (Wildman–Crippen MR) is 277 cm³/mol. The molecule has 0 heterocycles. The fourth-order valence-electron chi connectivity index (χ4n) is 12.7. The molecule has 1 spiro atoms. The van der Waals surface area contributed by atoms with Gasteiger partial charge in [-0.1, -0.05) is 206 Å². The van der Waals surface area contributed by atoms with Crippen molar-refractivity contribution in [2.75, 3.05) is 4.90 Å². The Morgan fingerprint density at radius 3 is 2.11 bits per heavy atom. The molecule has 1 nitrogen and oxygen atoms in total. The lowest BCUT2D eigenvalue weighted by Gasteiger charge is -2.40. The highest BCUT2D eigenvalue weighted by Gasteiger charge is 2.55. The molecular weight excluding hydrogens is 795 g/mol. The van der Waals surface area contributed by atoms with E-state index in [1.165, 1.54) is 88.9 Å². The van der Waals surface area contributed by atoms with Crippen LogP contribution >= 0.6 is 0 Å². The van der Waals surface area contributed by atoms with Crippen molar-refractivity contribution in [1.82, 2.24) is 0 Å². The maximum absolute atomic E-state index is 2.67. The summed E-state index contributed by atoms with van der Waals surface area (Å²) in [4.78, 5) is 2.67. The van der Waals surface area contributed by atoms with Crippen molar-refractivity contribution in [2.24, 2.45) is 0 Å². The van der Waals surface area contributed by atoms with Gasteiger partial charge in [-0.2, -0.15) is 0 Å². The van der Waals surface area contributed by atoms with Gasteiger partial charge in [0, 0.05) is 23.2 Å². The average Bonchev–Trinajstić information content (AvgIpc) is 3.86. The van der Waals surface area contributed by atoms with Crippen molar-refractivity contribution in [2.45, 2.75) is 55.4 Å². The molecule has 0 radical (unpaired) electrons. The van der Waals surface area contributed by atoms with E-state index in [9.17, 15) is 0 Å². The van der Waals surface area contributed by atoms with Crippen molar-refractivity contribution in [3.63, 3.8) is 0 Å². The summed E-state index contributed by atoms with van der Waals surface area (Å²) in [6.07, 6.45) is 31.5. The van der Waals surface area contributed by atoms with Crippen LogP contribution in [0.4, 0.5) is 5.69 Å². The molecule has 0 aliphatic heterocycles. The zero-order valence-corrected chi connectivity index (χ0v) is 37.2. The van der Waals surface area contributed by atoms with E-state index in [4.69, 9.17) is 0 Å². The SMILES string of the molecule is C1=CCC2C(=C1)C1(C3=C(C=CCC3)c3ccc(C4=CC(N(C5=CC=CCC5c5ccc6ccccc6c5-c5ccccc5)c5ccc(-c6ccccc6)cc5)CC=C4)cc31)c1ccccc12. The number of hydrogen-bond acceptors (Lipinski definition) is 1. The van der Waals surface area contributed by atoms with E-state index >= 15 is 0 Å². The van der Waals surface area contributed by atoms with Gasteiger partial charge >= 0.3 is 0 Å². The molecule has 6 aliphatic carbocycles. The van der Waals surface area contributed by atoms with Gasteiger partial charge in [0.25, 0.3) is 0 Å². The second-order valence-corrected chi connectivity index (χ2v) is 18.8. The Morgan fingerprint density at radius 2 is 1.24 bits per heavy atom. The third-order valence-electron chi connectivity index (χ3n) is 15.4. The maximum atomic E-state index is 2.67. The first kappa shape index (κ1) is 38.9. The summed E-state index contributed by atoms with van der Waals surface area (Å²) in [5.41, 5.74) is 21.8. The number of rotatable bonds is 7. The number of anilines is 1. The Kier molecular flexibility index (Phi) is 9.38. The van der Waals surface area contributed by atoms with Crippen molar-refractivity contribution >= 4 is 27.6 Å². The Labute approximate surface area is 389 Å². The number of allylic oxidation sites excluding steroid dienone is 14. The third kappa shape index (κ3) is 6.06. The topological polar surface area (TPSA) is 3.24 Å².